The van der Waals surface area contributed by atoms with E-state index in [4.69, 9.17) is 4.74 Å². The maximum atomic E-state index is 11.6. The lowest BCUT2D eigenvalue weighted by atomic mass is 10.1. The lowest BCUT2D eigenvalue weighted by Crippen LogP contribution is -2.30. The van der Waals surface area contributed by atoms with E-state index >= 15 is 0 Å². The third kappa shape index (κ3) is 3.66. The third-order valence-electron chi connectivity index (χ3n) is 2.45. The van der Waals surface area contributed by atoms with Gasteiger partial charge in [-0.1, -0.05) is 43.7 Å². The highest BCUT2D eigenvalue weighted by Crippen LogP contribution is 2.13. The smallest absolute Gasteiger partial charge is 0.327 e. The molecule has 1 unspecified atom stereocenters. The molecule has 1 aromatic carbocycles. The van der Waals surface area contributed by atoms with Crippen LogP contribution in [0.1, 0.15) is 31.4 Å². The summed E-state index contributed by atoms with van der Waals surface area (Å²) in [6.07, 6.45) is 2.16. The van der Waals surface area contributed by atoms with E-state index in [1.807, 2.05) is 30.3 Å². The number of rotatable bonds is 6. The molecular formula is C13H19NO2. The predicted molar refractivity (Wildman–Crippen MR) is 64.1 cm³/mol. The van der Waals surface area contributed by atoms with Crippen LogP contribution in [0, 0.1) is 0 Å². The van der Waals surface area contributed by atoms with Crippen molar-refractivity contribution in [3.8, 4) is 0 Å². The van der Waals surface area contributed by atoms with Gasteiger partial charge in [-0.05, 0) is 18.5 Å². The Morgan fingerprint density at radius 1 is 1.38 bits per heavy atom. The zero-order valence-corrected chi connectivity index (χ0v) is 9.90. The summed E-state index contributed by atoms with van der Waals surface area (Å²) < 4.78 is 4.80. The van der Waals surface area contributed by atoms with Crippen LogP contribution in [-0.4, -0.2) is 19.6 Å². The molecule has 0 radical (unpaired) electrons. The monoisotopic (exact) mass is 221 g/mol. The van der Waals surface area contributed by atoms with Crippen LogP contribution in [0.4, 0.5) is 0 Å². The van der Waals surface area contributed by atoms with Crippen molar-refractivity contribution >= 4 is 5.97 Å². The number of nitrogens with one attached hydrogen (secondary N) is 1. The van der Waals surface area contributed by atoms with E-state index in [1.54, 1.807) is 0 Å². The molecule has 0 bridgehead atoms. The van der Waals surface area contributed by atoms with Crippen molar-refractivity contribution in [3.05, 3.63) is 35.9 Å². The number of benzene rings is 1. The van der Waals surface area contributed by atoms with Gasteiger partial charge in [-0.25, -0.2) is 4.79 Å². The van der Waals surface area contributed by atoms with E-state index < -0.39 is 0 Å². The second-order valence-electron chi connectivity index (χ2n) is 3.67. The molecule has 0 aromatic heterocycles. The molecule has 0 saturated heterocycles. The van der Waals surface area contributed by atoms with Crippen molar-refractivity contribution < 1.29 is 9.53 Å². The van der Waals surface area contributed by atoms with Gasteiger partial charge in [-0.15, -0.1) is 0 Å². The van der Waals surface area contributed by atoms with E-state index in [0.717, 1.165) is 24.9 Å². The van der Waals surface area contributed by atoms with Crippen molar-refractivity contribution in [1.29, 1.82) is 0 Å². The number of hydrogen-bond acceptors (Lipinski definition) is 3. The molecule has 0 heterocycles. The molecule has 1 rings (SSSR count). The normalized spacial score (nSPS) is 12.1. The molecule has 0 fully saturated rings. The minimum Gasteiger partial charge on any atom is -0.468 e. The largest absolute Gasteiger partial charge is 0.468 e. The lowest BCUT2D eigenvalue weighted by molar-refractivity contribution is -0.143. The first-order chi connectivity index (χ1) is 7.79. The fourth-order valence-corrected chi connectivity index (χ4v) is 1.52. The molecule has 0 aliphatic rings. The Morgan fingerprint density at radius 2 is 2.06 bits per heavy atom. The van der Waals surface area contributed by atoms with Gasteiger partial charge in [0.2, 0.25) is 0 Å². The van der Waals surface area contributed by atoms with Gasteiger partial charge in [0.1, 0.15) is 6.04 Å². The molecule has 0 spiro atoms. The summed E-state index contributed by atoms with van der Waals surface area (Å²) in [4.78, 5) is 11.6. The first-order valence-electron chi connectivity index (χ1n) is 5.65. The second kappa shape index (κ2) is 7.01. The average Bonchev–Trinajstić information content (AvgIpc) is 2.35. The fourth-order valence-electron chi connectivity index (χ4n) is 1.52. The Kier molecular flexibility index (Phi) is 5.57. The van der Waals surface area contributed by atoms with Gasteiger partial charge < -0.3 is 10.1 Å². The van der Waals surface area contributed by atoms with Gasteiger partial charge in [-0.3, -0.25) is 0 Å². The summed E-state index contributed by atoms with van der Waals surface area (Å²) in [5.41, 5.74) is 0.949. The van der Waals surface area contributed by atoms with Crippen molar-refractivity contribution in [2.24, 2.45) is 0 Å². The maximum absolute atomic E-state index is 11.6. The number of esters is 1. The van der Waals surface area contributed by atoms with Crippen LogP contribution in [0.25, 0.3) is 0 Å². The van der Waals surface area contributed by atoms with Gasteiger partial charge >= 0.3 is 5.97 Å². The lowest BCUT2D eigenvalue weighted by Gasteiger charge is -2.16. The Hall–Kier alpha value is -1.35. The van der Waals surface area contributed by atoms with Crippen LogP contribution >= 0.6 is 0 Å². The number of carbonyl (C=O) groups is 1. The summed E-state index contributed by atoms with van der Waals surface area (Å²) in [5.74, 6) is -0.234. The molecule has 0 amide bonds. The Bertz CT molecular complexity index is 311. The quantitative estimate of drug-likeness (QED) is 0.591. The number of ether oxygens (including phenoxy) is 1. The summed E-state index contributed by atoms with van der Waals surface area (Å²) in [7, 11) is 1.42. The van der Waals surface area contributed by atoms with E-state index in [1.165, 1.54) is 7.11 Å². The number of unbranched alkanes of at least 4 members (excludes halogenated alkanes) is 1. The van der Waals surface area contributed by atoms with E-state index in [-0.39, 0.29) is 12.0 Å². The molecule has 0 saturated carbocycles. The van der Waals surface area contributed by atoms with Crippen molar-refractivity contribution in [1.82, 2.24) is 5.32 Å². The standard InChI is InChI=1S/C13H19NO2/c1-3-4-10-14-12(13(15)16-2)11-8-6-5-7-9-11/h5-9,12,14H,3-4,10H2,1-2H3. The topological polar surface area (TPSA) is 38.3 Å². The SMILES string of the molecule is CCCCNC(C(=O)OC)c1ccccc1. The van der Waals surface area contributed by atoms with Crippen LogP contribution in [-0.2, 0) is 9.53 Å². The molecule has 0 aliphatic heterocycles. The zero-order chi connectivity index (χ0) is 11.8. The Morgan fingerprint density at radius 3 is 2.62 bits per heavy atom. The minimum atomic E-state index is -0.349. The molecule has 1 N–H and O–H groups in total. The molecule has 3 nitrogen and oxygen atoms in total. The zero-order valence-electron chi connectivity index (χ0n) is 9.90. The predicted octanol–water partition coefficient (Wildman–Crippen LogP) is 2.29. The van der Waals surface area contributed by atoms with Gasteiger partial charge in [0.05, 0.1) is 7.11 Å². The van der Waals surface area contributed by atoms with Crippen molar-refractivity contribution in [2.75, 3.05) is 13.7 Å². The van der Waals surface area contributed by atoms with Crippen molar-refractivity contribution in [2.45, 2.75) is 25.8 Å². The van der Waals surface area contributed by atoms with Gasteiger partial charge in [-0.2, -0.15) is 0 Å². The fraction of sp³-hybridized carbons (Fsp3) is 0.462. The van der Waals surface area contributed by atoms with Crippen LogP contribution in [0.2, 0.25) is 0 Å². The Balaban J connectivity index is 2.68. The van der Waals surface area contributed by atoms with Gasteiger partial charge in [0, 0.05) is 0 Å². The Labute approximate surface area is 96.8 Å². The molecule has 16 heavy (non-hydrogen) atoms. The van der Waals surface area contributed by atoms with Crippen LogP contribution in [0.15, 0.2) is 30.3 Å². The summed E-state index contributed by atoms with van der Waals surface area (Å²) >= 11 is 0. The van der Waals surface area contributed by atoms with E-state index in [0.29, 0.717) is 0 Å². The molecule has 3 heteroatoms. The van der Waals surface area contributed by atoms with Crippen LogP contribution < -0.4 is 5.32 Å². The number of methoxy groups -OCH3 is 1. The average molecular weight is 221 g/mol. The summed E-state index contributed by atoms with van der Waals surface area (Å²) in [6, 6.07) is 9.29. The molecule has 0 aliphatic carbocycles. The number of hydrogen-bond donors (Lipinski definition) is 1. The highest BCUT2D eigenvalue weighted by molar-refractivity contribution is 5.77. The van der Waals surface area contributed by atoms with Crippen LogP contribution in [0.5, 0.6) is 0 Å². The molecule has 88 valence electrons. The van der Waals surface area contributed by atoms with Crippen molar-refractivity contribution in [3.63, 3.8) is 0 Å². The summed E-state index contributed by atoms with van der Waals surface area (Å²) in [6.45, 7) is 2.95. The van der Waals surface area contributed by atoms with Gasteiger partial charge in [0.15, 0.2) is 0 Å². The van der Waals surface area contributed by atoms with Gasteiger partial charge in [0.25, 0.3) is 0 Å². The maximum Gasteiger partial charge on any atom is 0.327 e. The van der Waals surface area contributed by atoms with E-state index in [2.05, 4.69) is 12.2 Å². The first kappa shape index (κ1) is 12.7. The molecule has 1 aromatic rings. The number of carbonyl (C=O) groups excluding carboxylic acids is 1. The van der Waals surface area contributed by atoms with E-state index in [9.17, 15) is 4.79 Å². The first-order valence-corrected chi connectivity index (χ1v) is 5.65. The summed E-state index contributed by atoms with van der Waals surface area (Å²) in [5, 5.41) is 3.21. The highest BCUT2D eigenvalue weighted by Gasteiger charge is 2.19. The minimum absolute atomic E-state index is 0.234. The second-order valence-corrected chi connectivity index (χ2v) is 3.67. The third-order valence-corrected chi connectivity index (χ3v) is 2.45. The molecule has 1 atom stereocenters. The molecular weight excluding hydrogens is 202 g/mol. The highest BCUT2D eigenvalue weighted by atomic mass is 16.5. The van der Waals surface area contributed by atoms with Crippen LogP contribution in [0.3, 0.4) is 0 Å².